The Morgan fingerprint density at radius 2 is 1.87 bits per heavy atom. The van der Waals surface area contributed by atoms with E-state index in [1.165, 1.54) is 51.5 Å². The summed E-state index contributed by atoms with van der Waals surface area (Å²) in [6.45, 7) is 6.41. The molecule has 30 heavy (non-hydrogen) atoms. The van der Waals surface area contributed by atoms with Crippen LogP contribution >= 0.6 is 0 Å². The number of rotatable bonds is 2. The first-order valence-corrected chi connectivity index (χ1v) is 13.0. The molecule has 5 aliphatic carbocycles. The van der Waals surface area contributed by atoms with E-state index >= 15 is 0 Å². The number of hydrogen-bond donors (Lipinski definition) is 0. The van der Waals surface area contributed by atoms with Crippen molar-refractivity contribution < 1.29 is 9.53 Å². The molecule has 5 fully saturated rings. The average Bonchev–Trinajstić information content (AvgIpc) is 3.15. The standard InChI is InChI=1S/C27H41NO2/c1-17-22-9-10-24-21-8-7-19-15-20(30-25(29)18-5-4-6-18)11-13-26(19,2)23(21)12-14-27(22,24)16-28(17)3/h7,17-18,20-24H,4-6,8-16H2,1-3H3. The van der Waals surface area contributed by atoms with Gasteiger partial charge in [0.2, 0.25) is 0 Å². The van der Waals surface area contributed by atoms with Crippen molar-refractivity contribution in [2.24, 2.45) is 40.4 Å². The summed E-state index contributed by atoms with van der Waals surface area (Å²) in [5.74, 6) is 3.94. The molecule has 0 radical (unpaired) electrons. The van der Waals surface area contributed by atoms with Crippen LogP contribution in [-0.4, -0.2) is 36.6 Å². The van der Waals surface area contributed by atoms with Crippen molar-refractivity contribution in [1.29, 1.82) is 0 Å². The molecule has 3 heteroatoms. The molecule has 4 saturated carbocycles. The molecule has 0 amide bonds. The number of likely N-dealkylation sites (tertiary alicyclic amines) is 1. The van der Waals surface area contributed by atoms with Crippen LogP contribution in [0.5, 0.6) is 0 Å². The van der Waals surface area contributed by atoms with Crippen LogP contribution in [-0.2, 0) is 9.53 Å². The highest BCUT2D eigenvalue weighted by Crippen LogP contribution is 2.68. The van der Waals surface area contributed by atoms with E-state index in [0.717, 1.165) is 55.4 Å². The summed E-state index contributed by atoms with van der Waals surface area (Å²) in [7, 11) is 2.37. The third kappa shape index (κ3) is 2.63. The third-order valence-corrected chi connectivity index (χ3v) is 11.4. The molecular weight excluding hydrogens is 370 g/mol. The fourth-order valence-electron chi connectivity index (χ4n) is 9.43. The number of fused-ring (bicyclic) bond motifs is 4. The summed E-state index contributed by atoms with van der Waals surface area (Å²) >= 11 is 0. The van der Waals surface area contributed by atoms with E-state index in [2.05, 4.69) is 31.9 Å². The molecule has 8 atom stereocenters. The molecule has 3 nitrogen and oxygen atoms in total. The molecule has 0 N–H and O–H groups in total. The molecule has 166 valence electrons. The normalized spacial score (nSPS) is 50.6. The molecular formula is C27H41NO2. The Morgan fingerprint density at radius 1 is 1.07 bits per heavy atom. The molecule has 6 rings (SSSR count). The lowest BCUT2D eigenvalue weighted by atomic mass is 9.47. The molecule has 1 aliphatic heterocycles. The zero-order chi connectivity index (χ0) is 20.7. The highest BCUT2D eigenvalue weighted by Gasteiger charge is 2.64. The largest absolute Gasteiger partial charge is 0.462 e. The fourth-order valence-corrected chi connectivity index (χ4v) is 9.43. The van der Waals surface area contributed by atoms with Gasteiger partial charge in [0.15, 0.2) is 0 Å². The van der Waals surface area contributed by atoms with E-state index in [9.17, 15) is 4.79 Å². The second kappa shape index (κ2) is 6.83. The molecule has 0 aromatic carbocycles. The number of hydrogen-bond acceptors (Lipinski definition) is 3. The van der Waals surface area contributed by atoms with Crippen LogP contribution in [0.4, 0.5) is 0 Å². The van der Waals surface area contributed by atoms with Crippen LogP contribution in [0.2, 0.25) is 0 Å². The molecule has 1 heterocycles. The van der Waals surface area contributed by atoms with Crippen molar-refractivity contribution in [3.8, 4) is 0 Å². The van der Waals surface area contributed by atoms with Gasteiger partial charge >= 0.3 is 5.97 Å². The van der Waals surface area contributed by atoms with Gasteiger partial charge in [-0.2, -0.15) is 0 Å². The van der Waals surface area contributed by atoms with E-state index in [1.807, 2.05) is 0 Å². The lowest BCUT2D eigenvalue weighted by Crippen LogP contribution is -2.52. The lowest BCUT2D eigenvalue weighted by molar-refractivity contribution is -0.159. The topological polar surface area (TPSA) is 29.5 Å². The van der Waals surface area contributed by atoms with Crippen LogP contribution in [0.3, 0.4) is 0 Å². The first-order valence-electron chi connectivity index (χ1n) is 13.0. The van der Waals surface area contributed by atoms with Crippen molar-refractivity contribution in [2.45, 2.75) is 96.6 Å². The van der Waals surface area contributed by atoms with Gasteiger partial charge in [0.1, 0.15) is 6.10 Å². The Hall–Kier alpha value is -0.830. The number of carbonyl (C=O) groups excluding carboxylic acids is 1. The predicted octanol–water partition coefficient (Wildman–Crippen LogP) is 5.59. The van der Waals surface area contributed by atoms with E-state index in [4.69, 9.17) is 4.74 Å². The zero-order valence-corrected chi connectivity index (χ0v) is 19.4. The Kier molecular flexibility index (Phi) is 4.52. The second-order valence-electron chi connectivity index (χ2n) is 12.3. The van der Waals surface area contributed by atoms with Crippen LogP contribution in [0.1, 0.15) is 84.5 Å². The maximum absolute atomic E-state index is 12.4. The van der Waals surface area contributed by atoms with Gasteiger partial charge in [-0.25, -0.2) is 0 Å². The van der Waals surface area contributed by atoms with E-state index in [-0.39, 0.29) is 18.0 Å². The number of nitrogens with zero attached hydrogens (tertiary/aromatic N) is 1. The van der Waals surface area contributed by atoms with Crippen LogP contribution in [0, 0.1) is 40.4 Å². The van der Waals surface area contributed by atoms with Gasteiger partial charge in [0, 0.05) is 19.0 Å². The second-order valence-corrected chi connectivity index (χ2v) is 12.3. The molecule has 0 bridgehead atoms. The lowest BCUT2D eigenvalue weighted by Gasteiger charge is -2.58. The minimum Gasteiger partial charge on any atom is -0.462 e. The van der Waals surface area contributed by atoms with Crippen molar-refractivity contribution >= 4 is 5.97 Å². The summed E-state index contributed by atoms with van der Waals surface area (Å²) in [6, 6.07) is 0.776. The van der Waals surface area contributed by atoms with Gasteiger partial charge in [-0.1, -0.05) is 25.0 Å². The Morgan fingerprint density at radius 3 is 2.63 bits per heavy atom. The number of carbonyl (C=O) groups is 1. The summed E-state index contributed by atoms with van der Waals surface area (Å²) < 4.78 is 5.99. The van der Waals surface area contributed by atoms with Crippen molar-refractivity contribution in [2.75, 3.05) is 13.6 Å². The Labute approximate surface area is 183 Å². The maximum atomic E-state index is 12.4. The summed E-state index contributed by atoms with van der Waals surface area (Å²) in [5.41, 5.74) is 2.62. The highest BCUT2D eigenvalue weighted by molar-refractivity contribution is 5.73. The van der Waals surface area contributed by atoms with Gasteiger partial charge in [-0.15, -0.1) is 0 Å². The number of ether oxygens (including phenoxy) is 1. The average molecular weight is 412 g/mol. The Balaban J connectivity index is 1.21. The van der Waals surface area contributed by atoms with Gasteiger partial charge in [0.25, 0.3) is 0 Å². The van der Waals surface area contributed by atoms with Crippen LogP contribution in [0.15, 0.2) is 11.6 Å². The van der Waals surface area contributed by atoms with E-state index in [1.54, 1.807) is 5.57 Å². The fraction of sp³-hybridized carbons (Fsp3) is 0.889. The SMILES string of the molecule is CC1C2CCC3C4CC=C5CC(OC(=O)C6CCC6)CCC5(C)C4CCC32CN1C. The maximum Gasteiger partial charge on any atom is 0.309 e. The van der Waals surface area contributed by atoms with Crippen molar-refractivity contribution in [3.05, 3.63) is 11.6 Å². The zero-order valence-electron chi connectivity index (χ0n) is 19.4. The first kappa shape index (κ1) is 19.8. The van der Waals surface area contributed by atoms with E-state index < -0.39 is 0 Å². The quantitative estimate of drug-likeness (QED) is 0.438. The summed E-state index contributed by atoms with van der Waals surface area (Å²) in [4.78, 5) is 15.1. The number of allylic oxidation sites excluding steroid dienone is 1. The van der Waals surface area contributed by atoms with Gasteiger partial charge < -0.3 is 9.64 Å². The molecule has 1 spiro atoms. The molecule has 0 aromatic heterocycles. The van der Waals surface area contributed by atoms with Gasteiger partial charge in [0.05, 0.1) is 5.92 Å². The minimum absolute atomic E-state index is 0.0974. The van der Waals surface area contributed by atoms with Crippen molar-refractivity contribution in [3.63, 3.8) is 0 Å². The monoisotopic (exact) mass is 411 g/mol. The first-order chi connectivity index (χ1) is 14.4. The predicted molar refractivity (Wildman–Crippen MR) is 119 cm³/mol. The Bertz CT molecular complexity index is 756. The van der Waals surface area contributed by atoms with Crippen LogP contribution < -0.4 is 0 Å². The van der Waals surface area contributed by atoms with Crippen LogP contribution in [0.25, 0.3) is 0 Å². The molecule has 8 unspecified atom stereocenters. The summed E-state index contributed by atoms with van der Waals surface area (Å²) in [6.07, 6.45) is 16.5. The van der Waals surface area contributed by atoms with Gasteiger partial charge in [-0.05, 0) is 106 Å². The molecule has 0 aromatic rings. The van der Waals surface area contributed by atoms with Crippen molar-refractivity contribution in [1.82, 2.24) is 4.90 Å². The van der Waals surface area contributed by atoms with Gasteiger partial charge in [-0.3, -0.25) is 4.79 Å². The highest BCUT2D eigenvalue weighted by atomic mass is 16.5. The van der Waals surface area contributed by atoms with E-state index in [0.29, 0.717) is 10.8 Å². The third-order valence-electron chi connectivity index (χ3n) is 11.4. The summed E-state index contributed by atoms with van der Waals surface area (Å²) in [5, 5.41) is 0. The smallest absolute Gasteiger partial charge is 0.309 e. The molecule has 6 aliphatic rings. The minimum atomic E-state index is 0.0974. The number of esters is 1. The molecule has 1 saturated heterocycles.